The Labute approximate surface area is 142 Å². The highest BCUT2D eigenvalue weighted by Crippen LogP contribution is 2.20. The van der Waals surface area contributed by atoms with Crippen molar-refractivity contribution in [3.05, 3.63) is 70.8 Å². The summed E-state index contributed by atoms with van der Waals surface area (Å²) in [6, 6.07) is 14.0. The fourth-order valence-electron chi connectivity index (χ4n) is 2.87. The summed E-state index contributed by atoms with van der Waals surface area (Å²) < 4.78 is 7.23. The molecular weight excluding hydrogens is 318 g/mol. The van der Waals surface area contributed by atoms with Crippen molar-refractivity contribution in [2.24, 2.45) is 0 Å². The maximum atomic E-state index is 12.4. The minimum atomic E-state index is -0.190. The Morgan fingerprint density at radius 1 is 1.20 bits per heavy atom. The second-order valence-electron chi connectivity index (χ2n) is 5.79. The zero-order valence-electron chi connectivity index (χ0n) is 13.5. The highest BCUT2D eigenvalue weighted by atomic mass is 16.3. The summed E-state index contributed by atoms with van der Waals surface area (Å²) in [6.07, 6.45) is 1.63. The average molecular weight is 333 g/mol. The van der Waals surface area contributed by atoms with Gasteiger partial charge in [-0.2, -0.15) is 0 Å². The number of aryl methyl sites for hydroxylation is 1. The molecule has 4 rings (SSSR count). The molecule has 2 aromatic carbocycles. The lowest BCUT2D eigenvalue weighted by Crippen LogP contribution is -2.20. The van der Waals surface area contributed by atoms with Crippen LogP contribution in [0.5, 0.6) is 0 Å². The highest BCUT2D eigenvalue weighted by molar-refractivity contribution is 5.93. The van der Waals surface area contributed by atoms with Crippen molar-refractivity contribution in [3.63, 3.8) is 0 Å². The van der Waals surface area contributed by atoms with Crippen LogP contribution in [-0.4, -0.2) is 15.5 Å². The van der Waals surface area contributed by atoms with Crippen molar-refractivity contribution < 1.29 is 9.21 Å². The van der Waals surface area contributed by atoms with E-state index in [0.29, 0.717) is 22.5 Å². The van der Waals surface area contributed by atoms with Crippen LogP contribution in [0.2, 0.25) is 0 Å². The number of aromatic nitrogens is 2. The van der Waals surface area contributed by atoms with Crippen molar-refractivity contribution in [3.8, 4) is 0 Å². The molecule has 0 saturated heterocycles. The number of hydrogen-bond donors (Lipinski definition) is 1. The molecule has 0 aliphatic carbocycles. The lowest BCUT2D eigenvalue weighted by molar-refractivity contribution is -0.116. The van der Waals surface area contributed by atoms with E-state index in [1.165, 1.54) is 6.07 Å². The molecule has 6 nitrogen and oxygen atoms in total. The molecule has 0 unspecified atom stereocenters. The number of carbonyl (C=O) groups excluding carboxylic acids is 1. The number of rotatable bonds is 3. The number of para-hydroxylation sites is 1. The van der Waals surface area contributed by atoms with Crippen LogP contribution in [0.1, 0.15) is 5.89 Å². The van der Waals surface area contributed by atoms with Crippen molar-refractivity contribution in [2.75, 3.05) is 5.32 Å². The van der Waals surface area contributed by atoms with Gasteiger partial charge in [0.15, 0.2) is 16.9 Å². The molecule has 0 saturated carbocycles. The fourth-order valence-corrected chi connectivity index (χ4v) is 2.87. The molecular formula is C19H15N3O3. The van der Waals surface area contributed by atoms with E-state index in [4.69, 9.17) is 4.42 Å². The first-order valence-corrected chi connectivity index (χ1v) is 7.85. The first kappa shape index (κ1) is 15.1. The molecule has 25 heavy (non-hydrogen) atoms. The molecule has 0 aliphatic heterocycles. The monoisotopic (exact) mass is 333 g/mol. The van der Waals surface area contributed by atoms with Gasteiger partial charge in [0.1, 0.15) is 12.1 Å². The smallest absolute Gasteiger partial charge is 0.244 e. The third-order valence-electron chi connectivity index (χ3n) is 3.98. The van der Waals surface area contributed by atoms with E-state index >= 15 is 0 Å². The van der Waals surface area contributed by atoms with Crippen molar-refractivity contribution in [2.45, 2.75) is 13.5 Å². The number of hydrogen-bond acceptors (Lipinski definition) is 4. The van der Waals surface area contributed by atoms with Crippen LogP contribution >= 0.6 is 0 Å². The van der Waals surface area contributed by atoms with E-state index < -0.39 is 0 Å². The Morgan fingerprint density at radius 2 is 2.04 bits per heavy atom. The van der Waals surface area contributed by atoms with E-state index in [1.807, 2.05) is 18.2 Å². The summed E-state index contributed by atoms with van der Waals surface area (Å²) in [5.41, 5.74) is 2.69. The van der Waals surface area contributed by atoms with Gasteiger partial charge in [-0.1, -0.05) is 12.1 Å². The number of amides is 1. The highest BCUT2D eigenvalue weighted by Gasteiger charge is 2.09. The molecule has 6 heteroatoms. The number of benzene rings is 2. The number of nitrogens with zero attached hydrogens (tertiary/aromatic N) is 2. The van der Waals surface area contributed by atoms with Gasteiger partial charge in [0, 0.05) is 36.3 Å². The molecule has 0 fully saturated rings. The molecule has 124 valence electrons. The lowest BCUT2D eigenvalue weighted by Gasteiger charge is -2.11. The number of fused-ring (bicyclic) bond motifs is 2. The second kappa shape index (κ2) is 5.90. The van der Waals surface area contributed by atoms with E-state index in [9.17, 15) is 9.59 Å². The van der Waals surface area contributed by atoms with Gasteiger partial charge in [-0.3, -0.25) is 9.59 Å². The molecule has 0 bridgehead atoms. The predicted molar refractivity (Wildman–Crippen MR) is 95.6 cm³/mol. The van der Waals surface area contributed by atoms with E-state index in [-0.39, 0.29) is 17.9 Å². The first-order valence-electron chi connectivity index (χ1n) is 7.85. The largest absolute Gasteiger partial charge is 0.441 e. The summed E-state index contributed by atoms with van der Waals surface area (Å²) in [6.45, 7) is 1.88. The maximum absolute atomic E-state index is 12.4. The standard InChI is InChI=1S/C19H15N3O3/c1-12-20-15-7-6-13(10-18(15)25-12)21-19(24)11-22-9-8-17(23)14-4-2-3-5-16(14)22/h2-10H,11H2,1H3,(H,21,24). The number of nitrogens with one attached hydrogen (secondary N) is 1. The van der Waals surface area contributed by atoms with Crippen molar-refractivity contribution in [1.29, 1.82) is 0 Å². The zero-order chi connectivity index (χ0) is 17.4. The van der Waals surface area contributed by atoms with Crippen LogP contribution in [-0.2, 0) is 11.3 Å². The first-order chi connectivity index (χ1) is 12.1. The van der Waals surface area contributed by atoms with E-state index in [1.54, 1.807) is 42.0 Å². The van der Waals surface area contributed by atoms with Crippen LogP contribution in [0, 0.1) is 6.92 Å². The van der Waals surface area contributed by atoms with Crippen LogP contribution in [0.4, 0.5) is 5.69 Å². The summed E-state index contributed by atoms with van der Waals surface area (Å²) in [7, 11) is 0. The minimum absolute atomic E-state index is 0.0570. The van der Waals surface area contributed by atoms with Crippen LogP contribution in [0.3, 0.4) is 0 Å². The summed E-state index contributed by atoms with van der Waals surface area (Å²) in [5.74, 6) is 0.391. The van der Waals surface area contributed by atoms with Gasteiger partial charge in [0.05, 0.1) is 5.52 Å². The van der Waals surface area contributed by atoms with Gasteiger partial charge in [-0.05, 0) is 24.3 Å². The quantitative estimate of drug-likeness (QED) is 0.625. The SMILES string of the molecule is Cc1nc2ccc(NC(=O)Cn3ccc(=O)c4ccccc43)cc2o1. The molecule has 0 atom stereocenters. The summed E-state index contributed by atoms with van der Waals surface area (Å²) in [4.78, 5) is 28.5. The predicted octanol–water partition coefficient (Wildman–Crippen LogP) is 3.09. The molecule has 1 amide bonds. The fraction of sp³-hybridized carbons (Fsp3) is 0.105. The molecule has 2 aromatic heterocycles. The van der Waals surface area contributed by atoms with Gasteiger partial charge in [-0.25, -0.2) is 4.98 Å². The van der Waals surface area contributed by atoms with Gasteiger partial charge >= 0.3 is 0 Å². The Bertz CT molecular complexity index is 1160. The average Bonchev–Trinajstić information content (AvgIpc) is 2.97. The normalized spacial score (nSPS) is 11.1. The van der Waals surface area contributed by atoms with Gasteiger partial charge < -0.3 is 14.3 Å². The van der Waals surface area contributed by atoms with E-state index in [2.05, 4.69) is 10.3 Å². The molecule has 4 aromatic rings. The minimum Gasteiger partial charge on any atom is -0.441 e. The lowest BCUT2D eigenvalue weighted by atomic mass is 10.2. The van der Waals surface area contributed by atoms with Crippen LogP contribution < -0.4 is 10.7 Å². The summed E-state index contributed by atoms with van der Waals surface area (Å²) in [5, 5.41) is 3.44. The third-order valence-corrected chi connectivity index (χ3v) is 3.98. The van der Waals surface area contributed by atoms with Crippen molar-refractivity contribution in [1.82, 2.24) is 9.55 Å². The van der Waals surface area contributed by atoms with Crippen LogP contribution in [0.25, 0.3) is 22.0 Å². The Morgan fingerprint density at radius 3 is 2.92 bits per heavy atom. The third kappa shape index (κ3) is 2.89. The topological polar surface area (TPSA) is 77.1 Å². The molecule has 0 aliphatic rings. The van der Waals surface area contributed by atoms with Crippen LogP contribution in [0.15, 0.2) is 63.9 Å². The molecule has 1 N–H and O–H groups in total. The molecule has 0 radical (unpaired) electrons. The van der Waals surface area contributed by atoms with Gasteiger partial charge in [0.2, 0.25) is 5.91 Å². The number of anilines is 1. The maximum Gasteiger partial charge on any atom is 0.244 e. The zero-order valence-corrected chi connectivity index (χ0v) is 13.5. The Balaban J connectivity index is 1.59. The van der Waals surface area contributed by atoms with Gasteiger partial charge in [0.25, 0.3) is 0 Å². The van der Waals surface area contributed by atoms with Crippen molar-refractivity contribution >= 4 is 33.6 Å². The summed E-state index contributed by atoms with van der Waals surface area (Å²) >= 11 is 0. The Hall–Kier alpha value is -3.41. The molecule has 0 spiro atoms. The van der Waals surface area contributed by atoms with Gasteiger partial charge in [-0.15, -0.1) is 0 Å². The number of oxazole rings is 1. The number of carbonyl (C=O) groups is 1. The Kier molecular flexibility index (Phi) is 3.57. The second-order valence-corrected chi connectivity index (χ2v) is 5.79. The molecule has 2 heterocycles. The van der Waals surface area contributed by atoms with E-state index in [0.717, 1.165) is 11.0 Å². The number of pyridine rings is 1.